The number of hydrogen-bond donors (Lipinski definition) is 2. The van der Waals surface area contributed by atoms with Crippen molar-refractivity contribution >= 4 is 22.7 Å². The van der Waals surface area contributed by atoms with Crippen LogP contribution >= 0.6 is 0 Å². The summed E-state index contributed by atoms with van der Waals surface area (Å²) in [6.07, 6.45) is 4.96. The number of ether oxygens (including phenoxy) is 2. The van der Waals surface area contributed by atoms with Gasteiger partial charge >= 0.3 is 0 Å². The smallest absolute Gasteiger partial charge is 0.225 e. The van der Waals surface area contributed by atoms with Crippen LogP contribution in [0.3, 0.4) is 0 Å². The molecule has 7 heteroatoms. The summed E-state index contributed by atoms with van der Waals surface area (Å²) in [5.74, 6) is 4.81. The molecule has 1 fully saturated rings. The molecule has 4 rings (SSSR count). The lowest BCUT2D eigenvalue weighted by atomic mass is 9.82. The Kier molecular flexibility index (Phi) is 8.06. The van der Waals surface area contributed by atoms with Crippen LogP contribution in [0.4, 0.5) is 11.8 Å². The second-order valence-corrected chi connectivity index (χ2v) is 9.36. The number of hydrogen-bond acceptors (Lipinski definition) is 7. The number of nitrogens with one attached hydrogen (secondary N) is 2. The number of anilines is 2. The number of nitrogens with zero attached hydrogens (tertiary/aromatic N) is 3. The van der Waals surface area contributed by atoms with Crippen LogP contribution in [0.5, 0.6) is 11.5 Å². The van der Waals surface area contributed by atoms with Crippen LogP contribution < -0.4 is 25.0 Å². The SMILES string of the molecule is COc1ccc(OC)c(CNCC2CCC(CNc3nc(N(C)C)c4ccccc4n3)CC2)c1. The number of benzene rings is 2. The van der Waals surface area contributed by atoms with E-state index < -0.39 is 0 Å². The average molecular weight is 464 g/mol. The fourth-order valence-electron chi connectivity index (χ4n) is 4.79. The number of fused-ring (bicyclic) bond motifs is 1. The minimum atomic E-state index is 0.660. The van der Waals surface area contributed by atoms with E-state index in [2.05, 4.69) is 27.7 Å². The molecule has 2 N–H and O–H groups in total. The van der Waals surface area contributed by atoms with Crippen molar-refractivity contribution in [2.45, 2.75) is 32.2 Å². The maximum absolute atomic E-state index is 5.49. The van der Waals surface area contributed by atoms with Crippen molar-refractivity contribution in [3.05, 3.63) is 48.0 Å². The van der Waals surface area contributed by atoms with E-state index in [1.807, 2.05) is 44.4 Å². The first-order chi connectivity index (χ1) is 16.6. The zero-order valence-corrected chi connectivity index (χ0v) is 20.8. The first-order valence-electron chi connectivity index (χ1n) is 12.2. The minimum absolute atomic E-state index is 0.660. The van der Waals surface area contributed by atoms with Gasteiger partial charge in [0.2, 0.25) is 5.95 Å². The Morgan fingerprint density at radius 1 is 0.912 bits per heavy atom. The van der Waals surface area contributed by atoms with Crippen LogP contribution in [0.25, 0.3) is 10.9 Å². The number of methoxy groups -OCH3 is 2. The molecule has 0 radical (unpaired) electrons. The predicted molar refractivity (Wildman–Crippen MR) is 139 cm³/mol. The Morgan fingerprint density at radius 2 is 1.65 bits per heavy atom. The molecular weight excluding hydrogens is 426 g/mol. The van der Waals surface area contributed by atoms with Gasteiger partial charge < -0.3 is 25.0 Å². The average Bonchev–Trinajstić information content (AvgIpc) is 2.87. The van der Waals surface area contributed by atoms with E-state index in [-0.39, 0.29) is 0 Å². The number of para-hydroxylation sites is 1. The molecule has 182 valence electrons. The summed E-state index contributed by atoms with van der Waals surface area (Å²) in [4.78, 5) is 11.6. The van der Waals surface area contributed by atoms with E-state index in [4.69, 9.17) is 19.4 Å². The molecule has 7 nitrogen and oxygen atoms in total. The Morgan fingerprint density at radius 3 is 2.35 bits per heavy atom. The highest BCUT2D eigenvalue weighted by Gasteiger charge is 2.21. The van der Waals surface area contributed by atoms with Gasteiger partial charge in [-0.3, -0.25) is 0 Å². The minimum Gasteiger partial charge on any atom is -0.497 e. The monoisotopic (exact) mass is 463 g/mol. The van der Waals surface area contributed by atoms with Crippen LogP contribution in [0.15, 0.2) is 42.5 Å². The second kappa shape index (κ2) is 11.4. The molecule has 1 aliphatic carbocycles. The lowest BCUT2D eigenvalue weighted by Gasteiger charge is -2.29. The van der Waals surface area contributed by atoms with Gasteiger partial charge in [-0.25, -0.2) is 4.98 Å². The molecule has 0 saturated heterocycles. The molecule has 0 aliphatic heterocycles. The summed E-state index contributed by atoms with van der Waals surface area (Å²) >= 11 is 0. The second-order valence-electron chi connectivity index (χ2n) is 9.36. The lowest BCUT2D eigenvalue weighted by molar-refractivity contribution is 0.275. The highest BCUT2D eigenvalue weighted by molar-refractivity contribution is 5.90. The van der Waals surface area contributed by atoms with Gasteiger partial charge in [-0.2, -0.15) is 4.98 Å². The summed E-state index contributed by atoms with van der Waals surface area (Å²) in [7, 11) is 7.46. The first kappa shape index (κ1) is 24.1. The van der Waals surface area contributed by atoms with E-state index in [0.717, 1.165) is 59.4 Å². The topological polar surface area (TPSA) is 71.5 Å². The van der Waals surface area contributed by atoms with Crippen LogP contribution in [-0.2, 0) is 6.54 Å². The van der Waals surface area contributed by atoms with Crippen molar-refractivity contribution in [2.24, 2.45) is 11.8 Å². The highest BCUT2D eigenvalue weighted by atomic mass is 16.5. The lowest BCUT2D eigenvalue weighted by Crippen LogP contribution is -2.28. The van der Waals surface area contributed by atoms with Gasteiger partial charge in [0.25, 0.3) is 0 Å². The van der Waals surface area contributed by atoms with Gasteiger partial charge in [-0.05, 0) is 74.4 Å². The van der Waals surface area contributed by atoms with Crippen LogP contribution in [0.2, 0.25) is 0 Å². The molecule has 0 amide bonds. The largest absolute Gasteiger partial charge is 0.497 e. The third kappa shape index (κ3) is 5.89. The van der Waals surface area contributed by atoms with E-state index in [1.165, 1.54) is 25.7 Å². The first-order valence-corrected chi connectivity index (χ1v) is 12.2. The van der Waals surface area contributed by atoms with Crippen LogP contribution in [0.1, 0.15) is 31.2 Å². The molecule has 0 bridgehead atoms. The maximum Gasteiger partial charge on any atom is 0.225 e. The van der Waals surface area contributed by atoms with Crippen molar-refractivity contribution in [3.8, 4) is 11.5 Å². The fourth-order valence-corrected chi connectivity index (χ4v) is 4.79. The van der Waals surface area contributed by atoms with Gasteiger partial charge in [-0.15, -0.1) is 0 Å². The number of rotatable bonds is 10. The molecule has 1 saturated carbocycles. The van der Waals surface area contributed by atoms with Gasteiger partial charge in [0.05, 0.1) is 19.7 Å². The molecule has 34 heavy (non-hydrogen) atoms. The molecule has 3 aromatic rings. The van der Waals surface area contributed by atoms with Gasteiger partial charge in [0.15, 0.2) is 0 Å². The normalized spacial score (nSPS) is 18.0. The van der Waals surface area contributed by atoms with Gasteiger partial charge in [0.1, 0.15) is 17.3 Å². The Bertz CT molecular complexity index is 1080. The molecule has 1 aromatic heterocycles. The van der Waals surface area contributed by atoms with Crippen molar-refractivity contribution in [3.63, 3.8) is 0 Å². The zero-order chi connectivity index (χ0) is 23.9. The van der Waals surface area contributed by atoms with E-state index in [0.29, 0.717) is 11.8 Å². The van der Waals surface area contributed by atoms with E-state index in [1.54, 1.807) is 14.2 Å². The van der Waals surface area contributed by atoms with Gasteiger partial charge in [-0.1, -0.05) is 12.1 Å². The Labute approximate surface area is 202 Å². The molecule has 1 aliphatic rings. The highest BCUT2D eigenvalue weighted by Crippen LogP contribution is 2.30. The standard InChI is InChI=1S/C27H37N5O2/c1-32(2)26-23-7-5-6-8-24(23)30-27(31-26)29-17-20-11-9-19(10-12-20)16-28-18-21-15-22(33-3)13-14-25(21)34-4/h5-8,13-15,19-20,28H,9-12,16-18H2,1-4H3,(H,29,30,31). The third-order valence-electron chi connectivity index (χ3n) is 6.76. The molecule has 0 spiro atoms. The summed E-state index contributed by atoms with van der Waals surface area (Å²) < 4.78 is 10.8. The van der Waals surface area contributed by atoms with Crippen molar-refractivity contribution < 1.29 is 9.47 Å². The molecule has 0 atom stereocenters. The molecule has 0 unspecified atom stereocenters. The Balaban J connectivity index is 1.24. The van der Waals surface area contributed by atoms with Crippen LogP contribution in [0, 0.1) is 11.8 Å². The van der Waals surface area contributed by atoms with Crippen LogP contribution in [-0.4, -0.2) is 51.4 Å². The summed E-state index contributed by atoms with van der Waals surface area (Å²) in [6, 6.07) is 14.1. The molecule has 1 heterocycles. The van der Waals surface area contributed by atoms with E-state index >= 15 is 0 Å². The summed E-state index contributed by atoms with van der Waals surface area (Å²) in [5.41, 5.74) is 2.11. The molecular formula is C27H37N5O2. The van der Waals surface area contributed by atoms with Gasteiger partial charge in [0, 0.05) is 38.1 Å². The fraction of sp³-hybridized carbons (Fsp3) is 0.481. The van der Waals surface area contributed by atoms with Crippen molar-refractivity contribution in [2.75, 3.05) is 51.6 Å². The summed E-state index contributed by atoms with van der Waals surface area (Å²) in [6.45, 7) is 2.74. The quantitative estimate of drug-likeness (QED) is 0.451. The molecule has 2 aromatic carbocycles. The predicted octanol–water partition coefficient (Wildman–Crippen LogP) is 4.72. The third-order valence-corrected chi connectivity index (χ3v) is 6.76. The van der Waals surface area contributed by atoms with E-state index in [9.17, 15) is 0 Å². The number of aromatic nitrogens is 2. The Hall–Kier alpha value is -3.06. The maximum atomic E-state index is 5.49. The van der Waals surface area contributed by atoms with Crippen molar-refractivity contribution in [1.82, 2.24) is 15.3 Å². The zero-order valence-electron chi connectivity index (χ0n) is 20.8. The summed E-state index contributed by atoms with van der Waals surface area (Å²) in [5, 5.41) is 8.22. The van der Waals surface area contributed by atoms with Crippen molar-refractivity contribution in [1.29, 1.82) is 0 Å².